The van der Waals surface area contributed by atoms with E-state index in [1.165, 1.54) is 0 Å². The maximum absolute atomic E-state index is 9.66. The molecule has 0 aromatic rings. The number of aliphatic hydroxyl groups excluding tert-OH is 2. The summed E-state index contributed by atoms with van der Waals surface area (Å²) in [4.78, 5) is 0. The van der Waals surface area contributed by atoms with Crippen molar-refractivity contribution in [1.82, 2.24) is 0 Å². The van der Waals surface area contributed by atoms with E-state index in [1.54, 1.807) is 6.92 Å². The molecule has 0 aliphatic carbocycles. The molecule has 0 amide bonds. The van der Waals surface area contributed by atoms with Crippen LogP contribution in [0.2, 0.25) is 0 Å². The van der Waals surface area contributed by atoms with Gasteiger partial charge in [0.1, 0.15) is 0 Å². The van der Waals surface area contributed by atoms with Gasteiger partial charge in [-0.2, -0.15) is 0 Å². The summed E-state index contributed by atoms with van der Waals surface area (Å²) in [6.07, 6.45) is 2.88. The molecular weight excluding hydrogens is 192 g/mol. The van der Waals surface area contributed by atoms with Crippen molar-refractivity contribution in [2.45, 2.75) is 58.7 Å². The molecule has 0 heterocycles. The second-order valence-electron chi connectivity index (χ2n) is 4.23. The van der Waals surface area contributed by atoms with Crippen molar-refractivity contribution in [3.05, 3.63) is 0 Å². The van der Waals surface area contributed by atoms with Crippen molar-refractivity contribution >= 4 is 0 Å². The van der Waals surface area contributed by atoms with Gasteiger partial charge in [-0.1, -0.05) is 26.7 Å². The first kappa shape index (κ1) is 14.9. The Hall–Kier alpha value is -0.120. The van der Waals surface area contributed by atoms with E-state index in [9.17, 15) is 10.2 Å². The second-order valence-corrected chi connectivity index (χ2v) is 4.23. The molecule has 0 radical (unpaired) electrons. The van der Waals surface area contributed by atoms with E-state index in [2.05, 4.69) is 6.92 Å². The SMILES string of the molecule is CCCCOCC(O)CC(CC)C(C)O. The van der Waals surface area contributed by atoms with Crippen LogP contribution in [0.3, 0.4) is 0 Å². The van der Waals surface area contributed by atoms with Crippen LogP contribution in [0.4, 0.5) is 0 Å². The maximum Gasteiger partial charge on any atom is 0.0777 e. The molecule has 0 aromatic heterocycles. The fraction of sp³-hybridized carbons (Fsp3) is 1.00. The number of hydrogen-bond donors (Lipinski definition) is 2. The molecule has 3 unspecified atom stereocenters. The Morgan fingerprint density at radius 3 is 2.33 bits per heavy atom. The van der Waals surface area contributed by atoms with Crippen LogP contribution < -0.4 is 0 Å². The van der Waals surface area contributed by atoms with Gasteiger partial charge in [0.25, 0.3) is 0 Å². The molecule has 0 fully saturated rings. The molecule has 0 aliphatic heterocycles. The molecule has 92 valence electrons. The highest BCUT2D eigenvalue weighted by Crippen LogP contribution is 2.15. The van der Waals surface area contributed by atoms with E-state index in [1.807, 2.05) is 6.92 Å². The maximum atomic E-state index is 9.66. The number of aliphatic hydroxyl groups is 2. The summed E-state index contributed by atoms with van der Waals surface area (Å²) in [6.45, 7) is 7.03. The summed E-state index contributed by atoms with van der Waals surface area (Å²) < 4.78 is 5.33. The zero-order chi connectivity index (χ0) is 11.7. The average Bonchev–Trinajstić information content (AvgIpc) is 2.20. The summed E-state index contributed by atoms with van der Waals surface area (Å²) in [5, 5.41) is 19.1. The minimum absolute atomic E-state index is 0.176. The first-order chi connectivity index (χ1) is 7.11. The van der Waals surface area contributed by atoms with Gasteiger partial charge in [0.15, 0.2) is 0 Å². The molecule has 3 nitrogen and oxygen atoms in total. The predicted molar refractivity (Wildman–Crippen MR) is 61.8 cm³/mol. The van der Waals surface area contributed by atoms with Gasteiger partial charge in [-0.3, -0.25) is 0 Å². The van der Waals surface area contributed by atoms with E-state index >= 15 is 0 Å². The van der Waals surface area contributed by atoms with Crippen molar-refractivity contribution in [1.29, 1.82) is 0 Å². The molecule has 3 heteroatoms. The molecular formula is C12H26O3. The van der Waals surface area contributed by atoms with Gasteiger partial charge < -0.3 is 14.9 Å². The van der Waals surface area contributed by atoms with Crippen LogP contribution in [0.15, 0.2) is 0 Å². The zero-order valence-electron chi connectivity index (χ0n) is 10.3. The molecule has 0 saturated carbocycles. The smallest absolute Gasteiger partial charge is 0.0777 e. The predicted octanol–water partition coefficient (Wildman–Crippen LogP) is 1.96. The van der Waals surface area contributed by atoms with Crippen molar-refractivity contribution in [3.8, 4) is 0 Å². The number of unbranched alkanes of at least 4 members (excludes halogenated alkanes) is 1. The van der Waals surface area contributed by atoms with Crippen LogP contribution in [0, 0.1) is 5.92 Å². The minimum Gasteiger partial charge on any atom is -0.393 e. The van der Waals surface area contributed by atoms with Crippen LogP contribution >= 0.6 is 0 Å². The van der Waals surface area contributed by atoms with Crippen LogP contribution in [0.5, 0.6) is 0 Å². The molecule has 0 saturated heterocycles. The van der Waals surface area contributed by atoms with E-state index in [-0.39, 0.29) is 12.0 Å². The standard InChI is InChI=1S/C12H26O3/c1-4-6-7-15-9-12(14)8-11(5-2)10(3)13/h10-14H,4-9H2,1-3H3. The Kier molecular flexibility index (Phi) is 9.06. The second kappa shape index (κ2) is 9.13. The van der Waals surface area contributed by atoms with Crippen LogP contribution in [0.25, 0.3) is 0 Å². The lowest BCUT2D eigenvalue weighted by molar-refractivity contribution is 0.00658. The van der Waals surface area contributed by atoms with Crippen molar-refractivity contribution < 1.29 is 14.9 Å². The Labute approximate surface area is 93.5 Å². The highest BCUT2D eigenvalue weighted by Gasteiger charge is 2.17. The largest absolute Gasteiger partial charge is 0.393 e. The van der Waals surface area contributed by atoms with E-state index in [0.29, 0.717) is 13.0 Å². The highest BCUT2D eigenvalue weighted by atomic mass is 16.5. The molecule has 0 aliphatic rings. The van der Waals surface area contributed by atoms with Crippen molar-refractivity contribution in [3.63, 3.8) is 0 Å². The van der Waals surface area contributed by atoms with E-state index < -0.39 is 6.10 Å². The topological polar surface area (TPSA) is 49.7 Å². The van der Waals surface area contributed by atoms with E-state index in [4.69, 9.17) is 4.74 Å². The first-order valence-corrected chi connectivity index (χ1v) is 6.05. The lowest BCUT2D eigenvalue weighted by atomic mass is 9.94. The van der Waals surface area contributed by atoms with Gasteiger partial charge in [-0.15, -0.1) is 0 Å². The van der Waals surface area contributed by atoms with Gasteiger partial charge in [-0.05, 0) is 25.7 Å². The lowest BCUT2D eigenvalue weighted by Gasteiger charge is -2.21. The van der Waals surface area contributed by atoms with Crippen LogP contribution in [-0.4, -0.2) is 35.6 Å². The molecule has 0 rings (SSSR count). The third-order valence-electron chi connectivity index (χ3n) is 2.73. The van der Waals surface area contributed by atoms with Gasteiger partial charge in [0.05, 0.1) is 18.8 Å². The lowest BCUT2D eigenvalue weighted by Crippen LogP contribution is -2.25. The number of ether oxygens (including phenoxy) is 1. The summed E-state index contributed by atoms with van der Waals surface area (Å²) in [5.74, 6) is 0.176. The van der Waals surface area contributed by atoms with Crippen LogP contribution in [-0.2, 0) is 4.74 Å². The fourth-order valence-electron chi connectivity index (χ4n) is 1.59. The number of hydrogen-bond acceptors (Lipinski definition) is 3. The Bertz CT molecular complexity index is 137. The Balaban J connectivity index is 3.57. The summed E-state index contributed by atoms with van der Waals surface area (Å²) >= 11 is 0. The average molecular weight is 218 g/mol. The summed E-state index contributed by atoms with van der Waals surface area (Å²) in [6, 6.07) is 0. The van der Waals surface area contributed by atoms with Gasteiger partial charge in [0.2, 0.25) is 0 Å². The van der Waals surface area contributed by atoms with Gasteiger partial charge in [0, 0.05) is 6.61 Å². The molecule has 0 bridgehead atoms. The normalized spacial score (nSPS) is 17.4. The molecule has 2 N–H and O–H groups in total. The summed E-state index contributed by atoms with van der Waals surface area (Å²) in [5.41, 5.74) is 0. The third kappa shape index (κ3) is 7.77. The van der Waals surface area contributed by atoms with Gasteiger partial charge in [-0.25, -0.2) is 0 Å². The Morgan fingerprint density at radius 1 is 1.20 bits per heavy atom. The third-order valence-corrected chi connectivity index (χ3v) is 2.73. The van der Waals surface area contributed by atoms with Gasteiger partial charge >= 0.3 is 0 Å². The monoisotopic (exact) mass is 218 g/mol. The Morgan fingerprint density at radius 2 is 1.87 bits per heavy atom. The first-order valence-electron chi connectivity index (χ1n) is 6.05. The quantitative estimate of drug-likeness (QED) is 0.582. The van der Waals surface area contributed by atoms with Crippen molar-refractivity contribution in [2.75, 3.05) is 13.2 Å². The van der Waals surface area contributed by atoms with Crippen molar-refractivity contribution in [2.24, 2.45) is 5.92 Å². The molecule has 3 atom stereocenters. The fourth-order valence-corrected chi connectivity index (χ4v) is 1.59. The zero-order valence-corrected chi connectivity index (χ0v) is 10.3. The summed E-state index contributed by atoms with van der Waals surface area (Å²) in [7, 11) is 0. The molecule has 0 spiro atoms. The van der Waals surface area contributed by atoms with Crippen LogP contribution in [0.1, 0.15) is 46.5 Å². The highest BCUT2D eigenvalue weighted by molar-refractivity contribution is 4.68. The molecule has 0 aromatic carbocycles. The minimum atomic E-state index is -0.443. The van der Waals surface area contributed by atoms with E-state index in [0.717, 1.165) is 25.9 Å². The number of rotatable bonds is 9. The molecule has 15 heavy (non-hydrogen) atoms.